The monoisotopic (exact) mass is 366 g/mol. The van der Waals surface area contributed by atoms with Crippen LogP contribution in [0.2, 0.25) is 0 Å². The van der Waals surface area contributed by atoms with E-state index in [4.69, 9.17) is 0 Å². The second kappa shape index (κ2) is 6.75. The summed E-state index contributed by atoms with van der Waals surface area (Å²) >= 11 is 3.42. The molecular weight excluding hydrogens is 352 g/mol. The van der Waals surface area contributed by atoms with E-state index in [2.05, 4.69) is 21.0 Å². The van der Waals surface area contributed by atoms with Crippen LogP contribution in [0.4, 0.5) is 0 Å². The van der Waals surface area contributed by atoms with E-state index in [-0.39, 0.29) is 5.78 Å². The zero-order valence-corrected chi connectivity index (χ0v) is 14.2. The molecule has 0 spiro atoms. The number of allylic oxidation sites excluding steroid dienone is 1. The maximum Gasteiger partial charge on any atom is 0.189 e. The Kier molecular flexibility index (Phi) is 4.53. The van der Waals surface area contributed by atoms with Gasteiger partial charge in [0.25, 0.3) is 0 Å². The second-order valence-electron chi connectivity index (χ2n) is 5.16. The molecule has 0 aliphatic carbocycles. The summed E-state index contributed by atoms with van der Waals surface area (Å²) in [6.45, 7) is 1.85. The van der Waals surface area contributed by atoms with Crippen LogP contribution in [0.15, 0.2) is 71.3 Å². The number of aromatic nitrogens is 2. The molecule has 1 aromatic heterocycles. The molecule has 0 aliphatic rings. The van der Waals surface area contributed by atoms with E-state index >= 15 is 0 Å². The van der Waals surface area contributed by atoms with E-state index in [1.54, 1.807) is 17.0 Å². The summed E-state index contributed by atoms with van der Waals surface area (Å²) in [5, 5.41) is 4.43. The lowest BCUT2D eigenvalue weighted by Crippen LogP contribution is -1.94. The summed E-state index contributed by atoms with van der Waals surface area (Å²) in [6, 6.07) is 17.6. The average Bonchev–Trinajstić information content (AvgIpc) is 2.95. The van der Waals surface area contributed by atoms with Crippen molar-refractivity contribution >= 4 is 27.8 Å². The molecule has 3 nitrogen and oxygen atoms in total. The standard InChI is InChI=1S/C19H15BrN2O/c1-14-18(13-22(21-14)17-8-3-2-4-9-17)19(23)11-10-15-6-5-7-16(20)12-15/h2-13H,1H3. The van der Waals surface area contributed by atoms with Crippen LogP contribution in [-0.4, -0.2) is 15.6 Å². The topological polar surface area (TPSA) is 34.9 Å². The zero-order chi connectivity index (χ0) is 16.2. The first-order chi connectivity index (χ1) is 11.1. The van der Waals surface area contributed by atoms with Crippen molar-refractivity contribution in [2.45, 2.75) is 6.92 Å². The van der Waals surface area contributed by atoms with E-state index in [0.717, 1.165) is 21.4 Å². The second-order valence-corrected chi connectivity index (χ2v) is 6.08. The number of para-hydroxylation sites is 1. The maximum absolute atomic E-state index is 12.4. The van der Waals surface area contributed by atoms with E-state index in [1.807, 2.05) is 67.6 Å². The summed E-state index contributed by atoms with van der Waals surface area (Å²) in [6.07, 6.45) is 5.17. The highest BCUT2D eigenvalue weighted by atomic mass is 79.9. The summed E-state index contributed by atoms with van der Waals surface area (Å²) in [5.41, 5.74) is 3.24. The molecule has 3 rings (SSSR count). The molecule has 0 radical (unpaired) electrons. The number of hydrogen-bond donors (Lipinski definition) is 0. The van der Waals surface area contributed by atoms with Gasteiger partial charge in [-0.05, 0) is 42.8 Å². The van der Waals surface area contributed by atoms with Crippen molar-refractivity contribution in [3.8, 4) is 5.69 Å². The first-order valence-corrected chi connectivity index (χ1v) is 8.02. The van der Waals surface area contributed by atoms with Crippen LogP contribution in [0.5, 0.6) is 0 Å². The number of ketones is 1. The van der Waals surface area contributed by atoms with E-state index < -0.39 is 0 Å². The molecule has 0 amide bonds. The summed E-state index contributed by atoms with van der Waals surface area (Å²) in [7, 11) is 0. The minimum Gasteiger partial charge on any atom is -0.289 e. The quantitative estimate of drug-likeness (QED) is 0.489. The van der Waals surface area contributed by atoms with Crippen molar-refractivity contribution in [2.24, 2.45) is 0 Å². The number of hydrogen-bond acceptors (Lipinski definition) is 2. The Labute approximate surface area is 143 Å². The van der Waals surface area contributed by atoms with Crippen molar-refractivity contribution in [3.63, 3.8) is 0 Å². The van der Waals surface area contributed by atoms with Gasteiger partial charge in [-0.1, -0.05) is 52.3 Å². The molecule has 3 aromatic rings. The highest BCUT2D eigenvalue weighted by Crippen LogP contribution is 2.15. The fourth-order valence-electron chi connectivity index (χ4n) is 2.29. The van der Waals surface area contributed by atoms with Crippen LogP contribution in [0.3, 0.4) is 0 Å². The Balaban J connectivity index is 1.84. The van der Waals surface area contributed by atoms with Crippen LogP contribution < -0.4 is 0 Å². The molecule has 4 heteroatoms. The number of halogens is 1. The lowest BCUT2D eigenvalue weighted by Gasteiger charge is -1.98. The number of rotatable bonds is 4. The smallest absolute Gasteiger partial charge is 0.189 e. The Hall–Kier alpha value is -2.46. The van der Waals surface area contributed by atoms with Crippen LogP contribution in [0.25, 0.3) is 11.8 Å². The number of benzene rings is 2. The molecule has 0 bridgehead atoms. The van der Waals surface area contributed by atoms with Gasteiger partial charge in [-0.15, -0.1) is 0 Å². The normalized spacial score (nSPS) is 11.0. The lowest BCUT2D eigenvalue weighted by molar-refractivity contribution is 0.104. The third-order valence-corrected chi connectivity index (χ3v) is 3.95. The summed E-state index contributed by atoms with van der Waals surface area (Å²) < 4.78 is 2.72. The lowest BCUT2D eigenvalue weighted by atomic mass is 10.1. The molecule has 0 saturated heterocycles. The third kappa shape index (κ3) is 3.66. The highest BCUT2D eigenvalue weighted by molar-refractivity contribution is 9.10. The van der Waals surface area contributed by atoms with Crippen LogP contribution in [0.1, 0.15) is 21.6 Å². The van der Waals surface area contributed by atoms with E-state index in [9.17, 15) is 4.79 Å². The van der Waals surface area contributed by atoms with Gasteiger partial charge in [0, 0.05) is 10.7 Å². The largest absolute Gasteiger partial charge is 0.289 e. The van der Waals surface area contributed by atoms with Gasteiger partial charge in [0.05, 0.1) is 16.9 Å². The van der Waals surface area contributed by atoms with Gasteiger partial charge in [0.1, 0.15) is 0 Å². The van der Waals surface area contributed by atoms with Crippen LogP contribution in [-0.2, 0) is 0 Å². The first-order valence-electron chi connectivity index (χ1n) is 7.23. The Morgan fingerprint density at radius 2 is 1.91 bits per heavy atom. The van der Waals surface area contributed by atoms with Gasteiger partial charge in [0.2, 0.25) is 0 Å². The molecule has 0 saturated carbocycles. The van der Waals surface area contributed by atoms with Gasteiger partial charge in [-0.25, -0.2) is 4.68 Å². The minimum absolute atomic E-state index is 0.0512. The van der Waals surface area contributed by atoms with Gasteiger partial charge < -0.3 is 0 Å². The number of carbonyl (C=O) groups is 1. The average molecular weight is 367 g/mol. The van der Waals surface area contributed by atoms with Crippen molar-refractivity contribution in [1.82, 2.24) is 9.78 Å². The predicted molar refractivity (Wildman–Crippen MR) is 95.8 cm³/mol. The molecule has 0 unspecified atom stereocenters. The van der Waals surface area contributed by atoms with Crippen LogP contribution >= 0.6 is 15.9 Å². The van der Waals surface area contributed by atoms with E-state index in [1.165, 1.54) is 0 Å². The Morgan fingerprint density at radius 1 is 1.13 bits per heavy atom. The fraction of sp³-hybridized carbons (Fsp3) is 0.0526. The van der Waals surface area contributed by atoms with E-state index in [0.29, 0.717) is 5.56 Å². The number of carbonyl (C=O) groups excluding carboxylic acids is 1. The maximum atomic E-state index is 12.4. The molecule has 114 valence electrons. The van der Waals surface area contributed by atoms with Crippen molar-refractivity contribution in [3.05, 3.63) is 88.2 Å². The number of aryl methyl sites for hydroxylation is 1. The highest BCUT2D eigenvalue weighted by Gasteiger charge is 2.11. The SMILES string of the molecule is Cc1nn(-c2ccccc2)cc1C(=O)C=Cc1cccc(Br)c1. The Morgan fingerprint density at radius 3 is 2.65 bits per heavy atom. The van der Waals surface area contributed by atoms with Gasteiger partial charge in [-0.3, -0.25) is 4.79 Å². The van der Waals surface area contributed by atoms with Crippen molar-refractivity contribution < 1.29 is 4.79 Å². The molecule has 0 atom stereocenters. The van der Waals surface area contributed by atoms with Gasteiger partial charge in [-0.2, -0.15) is 5.10 Å². The molecule has 0 N–H and O–H groups in total. The first kappa shape index (κ1) is 15.4. The molecule has 1 heterocycles. The molecule has 0 aliphatic heterocycles. The van der Waals surface area contributed by atoms with Gasteiger partial charge in [0.15, 0.2) is 5.78 Å². The fourth-order valence-corrected chi connectivity index (χ4v) is 2.70. The minimum atomic E-state index is -0.0512. The van der Waals surface area contributed by atoms with Crippen LogP contribution in [0, 0.1) is 6.92 Å². The molecule has 2 aromatic carbocycles. The Bertz CT molecular complexity index is 866. The predicted octanol–water partition coefficient (Wildman–Crippen LogP) is 4.84. The molecular formula is C19H15BrN2O. The zero-order valence-electron chi connectivity index (χ0n) is 12.6. The molecule has 0 fully saturated rings. The third-order valence-electron chi connectivity index (χ3n) is 3.46. The van der Waals surface area contributed by atoms with Crippen molar-refractivity contribution in [2.75, 3.05) is 0 Å². The van der Waals surface area contributed by atoms with Gasteiger partial charge >= 0.3 is 0 Å². The van der Waals surface area contributed by atoms with Crippen molar-refractivity contribution in [1.29, 1.82) is 0 Å². The molecule has 23 heavy (non-hydrogen) atoms. The summed E-state index contributed by atoms with van der Waals surface area (Å²) in [5.74, 6) is -0.0512. The summed E-state index contributed by atoms with van der Waals surface area (Å²) in [4.78, 5) is 12.4. The number of nitrogens with zero attached hydrogens (tertiary/aromatic N) is 2.